The zero-order chi connectivity index (χ0) is 21.0. The molecule has 2 aliphatic heterocycles. The highest BCUT2D eigenvalue weighted by Crippen LogP contribution is 2.22. The molecule has 1 amide bonds. The second-order valence-electron chi connectivity index (χ2n) is 7.65. The van der Waals surface area contributed by atoms with Crippen molar-refractivity contribution in [2.24, 2.45) is 0 Å². The Kier molecular flexibility index (Phi) is 6.52. The third-order valence-corrected chi connectivity index (χ3v) is 7.20. The number of sulfonamides is 1. The van der Waals surface area contributed by atoms with E-state index >= 15 is 0 Å². The molecule has 0 spiro atoms. The Morgan fingerprint density at radius 1 is 1.07 bits per heavy atom. The smallest absolute Gasteiger partial charge is 0.287 e. The monoisotopic (exact) mass is 433 g/mol. The van der Waals surface area contributed by atoms with Gasteiger partial charge in [-0.25, -0.2) is 8.42 Å². The molecule has 9 heteroatoms. The predicted molar refractivity (Wildman–Crippen MR) is 110 cm³/mol. The first-order chi connectivity index (χ1) is 14.5. The minimum Gasteiger partial charge on any atom is -0.438 e. The maximum atomic E-state index is 12.5. The van der Waals surface area contributed by atoms with E-state index in [-0.39, 0.29) is 17.0 Å². The molecular weight excluding hydrogens is 406 g/mol. The molecule has 4 rings (SSSR count). The molecular formula is C21H27N3O5S. The van der Waals surface area contributed by atoms with Crippen molar-refractivity contribution >= 4 is 15.9 Å². The maximum Gasteiger partial charge on any atom is 0.287 e. The van der Waals surface area contributed by atoms with Gasteiger partial charge in [-0.1, -0.05) is 30.3 Å². The largest absolute Gasteiger partial charge is 0.438 e. The number of hydrogen-bond donors (Lipinski definition) is 1. The zero-order valence-corrected chi connectivity index (χ0v) is 17.6. The van der Waals surface area contributed by atoms with Gasteiger partial charge in [0, 0.05) is 39.3 Å². The Bertz CT molecular complexity index is 954. The molecule has 162 valence electrons. The molecule has 2 aromatic rings. The molecule has 1 aromatic heterocycles. The molecule has 8 nitrogen and oxygen atoms in total. The molecule has 0 bridgehead atoms. The summed E-state index contributed by atoms with van der Waals surface area (Å²) < 4.78 is 37.6. The summed E-state index contributed by atoms with van der Waals surface area (Å²) in [6.07, 6.45) is 1.56. The number of nitrogens with zero attached hydrogens (tertiary/aromatic N) is 2. The fourth-order valence-electron chi connectivity index (χ4n) is 3.82. The first-order valence-electron chi connectivity index (χ1n) is 10.3. The van der Waals surface area contributed by atoms with Gasteiger partial charge in [-0.3, -0.25) is 9.69 Å². The van der Waals surface area contributed by atoms with E-state index in [9.17, 15) is 13.2 Å². The van der Waals surface area contributed by atoms with Gasteiger partial charge in [0.1, 0.15) is 0 Å². The van der Waals surface area contributed by atoms with E-state index in [1.807, 2.05) is 18.2 Å². The topological polar surface area (TPSA) is 92.1 Å². The van der Waals surface area contributed by atoms with Gasteiger partial charge in [0.2, 0.25) is 5.09 Å². The zero-order valence-electron chi connectivity index (χ0n) is 16.8. The number of nitrogens with one attached hydrogen (secondary N) is 1. The number of carbonyl (C=O) groups excluding carboxylic acids is 1. The van der Waals surface area contributed by atoms with Crippen LogP contribution in [0, 0.1) is 0 Å². The fourth-order valence-corrected chi connectivity index (χ4v) is 5.25. The predicted octanol–water partition coefficient (Wildman–Crippen LogP) is 1.69. The standard InChI is InChI=1S/C21H27N3O5S/c25-21(19-8-9-20(29-19)30(26,27)24-10-4-5-11-24)22-14-18-16-23(12-13-28-18)15-17-6-2-1-3-7-17/h1-3,6-9,18H,4-5,10-16H2,(H,22,25). The van der Waals surface area contributed by atoms with Crippen LogP contribution < -0.4 is 5.32 Å². The number of amides is 1. The lowest BCUT2D eigenvalue weighted by Crippen LogP contribution is -2.47. The molecule has 3 heterocycles. The number of carbonyl (C=O) groups is 1. The second-order valence-corrected chi connectivity index (χ2v) is 9.52. The van der Waals surface area contributed by atoms with E-state index in [4.69, 9.17) is 9.15 Å². The maximum absolute atomic E-state index is 12.5. The summed E-state index contributed by atoms with van der Waals surface area (Å²) in [4.78, 5) is 14.7. The van der Waals surface area contributed by atoms with Gasteiger partial charge >= 0.3 is 0 Å². The number of rotatable bonds is 7. The Morgan fingerprint density at radius 3 is 2.60 bits per heavy atom. The van der Waals surface area contributed by atoms with Crippen LogP contribution in [0.1, 0.15) is 29.0 Å². The van der Waals surface area contributed by atoms with Crippen molar-refractivity contribution in [1.82, 2.24) is 14.5 Å². The minimum atomic E-state index is -3.67. The highest BCUT2D eigenvalue weighted by atomic mass is 32.2. The molecule has 2 aliphatic rings. The molecule has 0 aliphatic carbocycles. The van der Waals surface area contributed by atoms with E-state index < -0.39 is 15.9 Å². The van der Waals surface area contributed by atoms with Crippen molar-refractivity contribution in [1.29, 1.82) is 0 Å². The fraction of sp³-hybridized carbons (Fsp3) is 0.476. The van der Waals surface area contributed by atoms with Crippen LogP contribution in [-0.4, -0.2) is 69.0 Å². The van der Waals surface area contributed by atoms with Gasteiger partial charge in [-0.2, -0.15) is 4.31 Å². The Labute approximate surface area is 176 Å². The Hall–Kier alpha value is -2.20. The van der Waals surface area contributed by atoms with Crippen LogP contribution in [0.3, 0.4) is 0 Å². The van der Waals surface area contributed by atoms with Gasteiger partial charge in [-0.15, -0.1) is 0 Å². The quantitative estimate of drug-likeness (QED) is 0.715. The van der Waals surface area contributed by atoms with Crippen molar-refractivity contribution < 1.29 is 22.4 Å². The van der Waals surface area contributed by atoms with Crippen LogP contribution in [0.2, 0.25) is 0 Å². The Morgan fingerprint density at radius 2 is 1.83 bits per heavy atom. The lowest BCUT2D eigenvalue weighted by atomic mass is 10.2. The van der Waals surface area contributed by atoms with Gasteiger partial charge in [0.05, 0.1) is 12.7 Å². The average Bonchev–Trinajstić information content (AvgIpc) is 3.46. The summed E-state index contributed by atoms with van der Waals surface area (Å²) in [5.41, 5.74) is 1.24. The molecule has 1 aromatic carbocycles. The minimum absolute atomic E-state index is 0.00952. The molecule has 1 unspecified atom stereocenters. The SMILES string of the molecule is O=C(NCC1CN(Cc2ccccc2)CCO1)c1ccc(S(=O)(=O)N2CCCC2)o1. The summed E-state index contributed by atoms with van der Waals surface area (Å²) in [5.74, 6) is -0.452. The summed E-state index contributed by atoms with van der Waals surface area (Å²) in [6.45, 7) is 4.30. The molecule has 1 N–H and O–H groups in total. The molecule has 1 atom stereocenters. The number of benzene rings is 1. The first-order valence-corrected chi connectivity index (χ1v) is 11.7. The summed E-state index contributed by atoms with van der Waals surface area (Å²) in [7, 11) is -3.67. The summed E-state index contributed by atoms with van der Waals surface area (Å²) in [5, 5.41) is 2.61. The van der Waals surface area contributed by atoms with Crippen molar-refractivity contribution in [2.75, 3.05) is 39.3 Å². The van der Waals surface area contributed by atoms with Crippen LogP contribution in [-0.2, 0) is 21.3 Å². The lowest BCUT2D eigenvalue weighted by molar-refractivity contribution is -0.0293. The Balaban J connectivity index is 1.30. The third kappa shape index (κ3) is 4.92. The van der Waals surface area contributed by atoms with Crippen LogP contribution in [0.15, 0.2) is 52.0 Å². The second kappa shape index (κ2) is 9.30. The van der Waals surface area contributed by atoms with E-state index in [1.54, 1.807) is 0 Å². The highest BCUT2D eigenvalue weighted by Gasteiger charge is 2.31. The summed E-state index contributed by atoms with van der Waals surface area (Å²) >= 11 is 0. The van der Waals surface area contributed by atoms with E-state index in [0.717, 1.165) is 25.9 Å². The molecule has 2 fully saturated rings. The number of morpholine rings is 1. The first kappa shape index (κ1) is 21.0. The third-order valence-electron chi connectivity index (χ3n) is 5.43. The van der Waals surface area contributed by atoms with Crippen LogP contribution >= 0.6 is 0 Å². The van der Waals surface area contributed by atoms with E-state index in [2.05, 4.69) is 22.3 Å². The van der Waals surface area contributed by atoms with Crippen molar-refractivity contribution in [3.63, 3.8) is 0 Å². The molecule has 0 saturated carbocycles. The van der Waals surface area contributed by atoms with Crippen LogP contribution in [0.25, 0.3) is 0 Å². The van der Waals surface area contributed by atoms with Crippen LogP contribution in [0.5, 0.6) is 0 Å². The highest BCUT2D eigenvalue weighted by molar-refractivity contribution is 7.89. The van der Waals surface area contributed by atoms with Crippen LogP contribution in [0.4, 0.5) is 0 Å². The van der Waals surface area contributed by atoms with Gasteiger partial charge < -0.3 is 14.5 Å². The number of furan rings is 1. The van der Waals surface area contributed by atoms with Crippen molar-refractivity contribution in [2.45, 2.75) is 30.6 Å². The molecule has 30 heavy (non-hydrogen) atoms. The van der Waals surface area contributed by atoms with Crippen molar-refractivity contribution in [3.8, 4) is 0 Å². The molecule has 0 radical (unpaired) electrons. The normalized spacial score (nSPS) is 21.0. The van der Waals surface area contributed by atoms with Crippen molar-refractivity contribution in [3.05, 3.63) is 53.8 Å². The van der Waals surface area contributed by atoms with Gasteiger partial charge in [-0.05, 0) is 30.5 Å². The van der Waals surface area contributed by atoms with Gasteiger partial charge in [0.25, 0.3) is 15.9 Å². The van der Waals surface area contributed by atoms with Gasteiger partial charge in [0.15, 0.2) is 5.76 Å². The number of hydrogen-bond acceptors (Lipinski definition) is 6. The average molecular weight is 434 g/mol. The number of ether oxygens (including phenoxy) is 1. The lowest BCUT2D eigenvalue weighted by Gasteiger charge is -2.33. The van der Waals surface area contributed by atoms with E-state index in [1.165, 1.54) is 22.0 Å². The van der Waals surface area contributed by atoms with E-state index in [0.29, 0.717) is 32.8 Å². The molecule has 2 saturated heterocycles. The summed E-state index contributed by atoms with van der Waals surface area (Å²) in [6, 6.07) is 13.0.